The van der Waals surface area contributed by atoms with Crippen LogP contribution in [0.15, 0.2) is 22.7 Å². The lowest BCUT2D eigenvalue weighted by Crippen LogP contribution is -2.43. The summed E-state index contributed by atoms with van der Waals surface area (Å²) < 4.78 is 12.0. The van der Waals surface area contributed by atoms with E-state index < -0.39 is 0 Å². The molecule has 2 saturated heterocycles. The van der Waals surface area contributed by atoms with Crippen molar-refractivity contribution in [2.45, 2.75) is 19.1 Å². The molecule has 1 aromatic carbocycles. The first-order valence-electron chi connectivity index (χ1n) is 7.12. The van der Waals surface area contributed by atoms with Gasteiger partial charge in [0.2, 0.25) is 0 Å². The van der Waals surface area contributed by atoms with E-state index in [2.05, 4.69) is 15.9 Å². The zero-order chi connectivity index (χ0) is 14.8. The van der Waals surface area contributed by atoms with Gasteiger partial charge in [-0.1, -0.05) is 27.5 Å². The number of carbonyl (C=O) groups is 1. The second-order valence-electron chi connectivity index (χ2n) is 5.39. The van der Waals surface area contributed by atoms with Gasteiger partial charge in [-0.2, -0.15) is 0 Å². The number of ether oxygens (including phenoxy) is 2. The quantitative estimate of drug-likeness (QED) is 0.797. The third kappa shape index (κ3) is 3.42. The molecule has 0 spiro atoms. The minimum absolute atomic E-state index is 0.0183. The molecule has 1 unspecified atom stereocenters. The lowest BCUT2D eigenvalue weighted by molar-refractivity contribution is -0.0969. The summed E-state index contributed by atoms with van der Waals surface area (Å²) in [6.07, 6.45) is 1.83. The largest absolute Gasteiger partial charge is 0.350 e. The summed E-state index contributed by atoms with van der Waals surface area (Å²) in [5, 5.41) is 0.477. The molecule has 1 aromatic rings. The third-order valence-corrected chi connectivity index (χ3v) is 4.75. The molecular formula is C15H17BrClNO3. The van der Waals surface area contributed by atoms with Gasteiger partial charge in [0.15, 0.2) is 6.29 Å². The van der Waals surface area contributed by atoms with Crippen molar-refractivity contribution in [3.8, 4) is 0 Å². The van der Waals surface area contributed by atoms with E-state index in [4.69, 9.17) is 21.1 Å². The molecule has 0 aliphatic carbocycles. The highest BCUT2D eigenvalue weighted by Gasteiger charge is 2.33. The number of halogens is 2. The van der Waals surface area contributed by atoms with Crippen molar-refractivity contribution in [3.63, 3.8) is 0 Å². The number of likely N-dealkylation sites (tertiary alicyclic amines) is 1. The number of nitrogens with zero attached hydrogens (tertiary/aromatic N) is 1. The molecule has 0 bridgehead atoms. The van der Waals surface area contributed by atoms with Crippen LogP contribution in [0.5, 0.6) is 0 Å². The molecule has 1 atom stereocenters. The van der Waals surface area contributed by atoms with E-state index in [0.717, 1.165) is 23.9 Å². The molecule has 0 aromatic heterocycles. The summed E-state index contributed by atoms with van der Waals surface area (Å²) in [7, 11) is 0. The fourth-order valence-electron chi connectivity index (χ4n) is 2.90. The van der Waals surface area contributed by atoms with Crippen LogP contribution in [0.4, 0.5) is 0 Å². The number of carbonyl (C=O) groups excluding carboxylic acids is 1. The molecule has 114 valence electrons. The van der Waals surface area contributed by atoms with Crippen molar-refractivity contribution >= 4 is 33.4 Å². The van der Waals surface area contributed by atoms with Gasteiger partial charge in [-0.25, -0.2) is 0 Å². The Morgan fingerprint density at radius 3 is 2.81 bits per heavy atom. The maximum atomic E-state index is 12.6. The van der Waals surface area contributed by atoms with Crippen molar-refractivity contribution in [1.82, 2.24) is 4.90 Å². The molecular weight excluding hydrogens is 358 g/mol. The third-order valence-electron chi connectivity index (χ3n) is 3.94. The summed E-state index contributed by atoms with van der Waals surface area (Å²) >= 11 is 9.53. The van der Waals surface area contributed by atoms with E-state index in [1.54, 1.807) is 12.1 Å². The van der Waals surface area contributed by atoms with Crippen molar-refractivity contribution in [2.75, 3.05) is 26.3 Å². The van der Waals surface area contributed by atoms with E-state index in [0.29, 0.717) is 30.3 Å². The van der Waals surface area contributed by atoms with Crippen LogP contribution in [-0.4, -0.2) is 43.4 Å². The lowest BCUT2D eigenvalue weighted by Gasteiger charge is -2.34. The summed E-state index contributed by atoms with van der Waals surface area (Å²) in [6, 6.07) is 5.35. The second-order valence-corrected chi connectivity index (χ2v) is 6.71. The second kappa shape index (κ2) is 6.65. The Labute approximate surface area is 137 Å². The Bertz CT molecular complexity index is 534. The average molecular weight is 375 g/mol. The van der Waals surface area contributed by atoms with Gasteiger partial charge in [0.05, 0.1) is 23.8 Å². The Morgan fingerprint density at radius 2 is 2.10 bits per heavy atom. The van der Waals surface area contributed by atoms with Crippen LogP contribution in [0, 0.1) is 5.92 Å². The monoisotopic (exact) mass is 373 g/mol. The first kappa shape index (κ1) is 15.3. The highest BCUT2D eigenvalue weighted by atomic mass is 79.9. The maximum absolute atomic E-state index is 12.6. The van der Waals surface area contributed by atoms with Gasteiger partial charge in [0.25, 0.3) is 5.91 Å². The van der Waals surface area contributed by atoms with Gasteiger partial charge in [-0.15, -0.1) is 0 Å². The summed E-state index contributed by atoms with van der Waals surface area (Å²) in [5.74, 6) is 0.231. The molecule has 0 N–H and O–H groups in total. The minimum atomic E-state index is -0.166. The van der Waals surface area contributed by atoms with Gasteiger partial charge in [0.1, 0.15) is 0 Å². The molecule has 3 rings (SSSR count). The summed E-state index contributed by atoms with van der Waals surface area (Å²) in [6.45, 7) is 2.71. The fraction of sp³-hybridized carbons (Fsp3) is 0.533. The van der Waals surface area contributed by atoms with Gasteiger partial charge in [-0.3, -0.25) is 4.79 Å². The van der Waals surface area contributed by atoms with Crippen molar-refractivity contribution in [3.05, 3.63) is 33.3 Å². The summed E-state index contributed by atoms with van der Waals surface area (Å²) in [5.41, 5.74) is 0.550. The molecule has 2 heterocycles. The fourth-order valence-corrected chi connectivity index (χ4v) is 3.65. The summed E-state index contributed by atoms with van der Waals surface area (Å²) in [4.78, 5) is 14.5. The van der Waals surface area contributed by atoms with Crippen LogP contribution in [0.2, 0.25) is 5.02 Å². The number of amides is 1. The number of rotatable bonds is 2. The van der Waals surface area contributed by atoms with Crippen molar-refractivity contribution < 1.29 is 14.3 Å². The molecule has 6 heteroatoms. The van der Waals surface area contributed by atoms with E-state index in [1.807, 2.05) is 11.0 Å². The average Bonchev–Trinajstić information content (AvgIpc) is 3.01. The number of hydrogen-bond donors (Lipinski definition) is 0. The molecule has 4 nitrogen and oxygen atoms in total. The molecule has 1 amide bonds. The predicted molar refractivity (Wildman–Crippen MR) is 83.5 cm³/mol. The lowest BCUT2D eigenvalue weighted by atomic mass is 9.96. The zero-order valence-corrected chi connectivity index (χ0v) is 13.9. The van der Waals surface area contributed by atoms with Crippen LogP contribution in [0.25, 0.3) is 0 Å². The van der Waals surface area contributed by atoms with Crippen LogP contribution in [0.1, 0.15) is 23.2 Å². The normalized spacial score (nSPS) is 23.5. The SMILES string of the molecule is O=C(c1ccc(Br)cc1Cl)N1CCCC(C2OCCO2)C1. The Hall–Kier alpha value is -0.620. The van der Waals surface area contributed by atoms with Crippen LogP contribution < -0.4 is 0 Å². The van der Waals surface area contributed by atoms with Gasteiger partial charge in [-0.05, 0) is 31.0 Å². The zero-order valence-electron chi connectivity index (χ0n) is 11.6. The van der Waals surface area contributed by atoms with Crippen LogP contribution >= 0.6 is 27.5 Å². The van der Waals surface area contributed by atoms with Crippen LogP contribution in [-0.2, 0) is 9.47 Å². The Morgan fingerprint density at radius 1 is 1.33 bits per heavy atom. The molecule has 2 fully saturated rings. The van der Waals surface area contributed by atoms with Crippen molar-refractivity contribution in [2.24, 2.45) is 5.92 Å². The smallest absolute Gasteiger partial charge is 0.255 e. The van der Waals surface area contributed by atoms with Crippen molar-refractivity contribution in [1.29, 1.82) is 0 Å². The van der Waals surface area contributed by atoms with Gasteiger partial charge < -0.3 is 14.4 Å². The van der Waals surface area contributed by atoms with E-state index in [9.17, 15) is 4.79 Å². The Kier molecular flexibility index (Phi) is 4.84. The highest BCUT2D eigenvalue weighted by Crippen LogP contribution is 2.28. The first-order chi connectivity index (χ1) is 10.1. The molecule has 21 heavy (non-hydrogen) atoms. The topological polar surface area (TPSA) is 38.8 Å². The molecule has 2 aliphatic heterocycles. The first-order valence-corrected chi connectivity index (χ1v) is 8.30. The molecule has 0 saturated carbocycles. The Balaban J connectivity index is 1.71. The highest BCUT2D eigenvalue weighted by molar-refractivity contribution is 9.10. The van der Waals surface area contributed by atoms with Gasteiger partial charge in [0, 0.05) is 23.5 Å². The number of benzene rings is 1. The number of piperidine rings is 1. The standard InChI is InChI=1S/C15H17BrClNO3/c16-11-3-4-12(13(17)8-11)14(19)18-5-1-2-10(9-18)15-20-6-7-21-15/h3-4,8,10,15H,1-2,5-7,9H2. The maximum Gasteiger partial charge on any atom is 0.255 e. The molecule has 2 aliphatic rings. The van der Waals surface area contributed by atoms with Crippen LogP contribution in [0.3, 0.4) is 0 Å². The minimum Gasteiger partial charge on any atom is -0.350 e. The van der Waals surface area contributed by atoms with E-state index >= 15 is 0 Å². The van der Waals surface area contributed by atoms with E-state index in [1.165, 1.54) is 0 Å². The van der Waals surface area contributed by atoms with E-state index in [-0.39, 0.29) is 18.1 Å². The number of hydrogen-bond acceptors (Lipinski definition) is 3. The predicted octanol–water partition coefficient (Wildman–Crippen LogP) is 3.33. The van der Waals surface area contributed by atoms with Gasteiger partial charge >= 0.3 is 0 Å². The molecule has 0 radical (unpaired) electrons.